The summed E-state index contributed by atoms with van der Waals surface area (Å²) in [5.74, 6) is 0. The van der Waals surface area contributed by atoms with Crippen LogP contribution in [0.5, 0.6) is 0 Å². The topological polar surface area (TPSA) is 3.24 Å². The van der Waals surface area contributed by atoms with Gasteiger partial charge in [0.2, 0.25) is 0 Å². The molecule has 0 fully saturated rings. The molecule has 0 bridgehead atoms. The maximum atomic E-state index is 2.21. The smallest absolute Gasteiger partial charge is 0.0423 e. The fraction of sp³-hybridized carbons (Fsp3) is 0.231. The normalized spacial score (nSPS) is 20.2. The Kier molecular flexibility index (Phi) is 2.68. The fourth-order valence-corrected chi connectivity index (χ4v) is 1.70. The van der Waals surface area contributed by atoms with Crippen LogP contribution in [0.4, 0.5) is 0 Å². The van der Waals surface area contributed by atoms with Gasteiger partial charge in [0.15, 0.2) is 0 Å². The molecule has 1 aromatic rings. The Labute approximate surface area is 85.4 Å². The molecule has 0 spiro atoms. The molecule has 1 aliphatic rings. The van der Waals surface area contributed by atoms with Crippen molar-refractivity contribution in [2.75, 3.05) is 7.05 Å². The third-order valence-electron chi connectivity index (χ3n) is 2.46. The van der Waals surface area contributed by atoms with Crippen LogP contribution in [0.1, 0.15) is 11.1 Å². The van der Waals surface area contributed by atoms with E-state index in [-0.39, 0.29) is 0 Å². The number of hydrogen-bond acceptors (Lipinski definition) is 1. The molecule has 1 heteroatoms. The molecule has 0 radical (unpaired) electrons. The molecule has 0 saturated heterocycles. The minimum Gasteiger partial charge on any atom is -0.376 e. The Morgan fingerprint density at radius 2 is 1.86 bits per heavy atom. The van der Waals surface area contributed by atoms with Crippen LogP contribution < -0.4 is 0 Å². The summed E-state index contributed by atoms with van der Waals surface area (Å²) in [5.41, 5.74) is 2.85. The van der Waals surface area contributed by atoms with Crippen molar-refractivity contribution in [3.63, 3.8) is 0 Å². The second kappa shape index (κ2) is 4.14. The molecule has 14 heavy (non-hydrogen) atoms. The van der Waals surface area contributed by atoms with E-state index < -0.39 is 0 Å². The lowest BCUT2D eigenvalue weighted by Crippen LogP contribution is -2.10. The van der Waals surface area contributed by atoms with E-state index in [1.54, 1.807) is 0 Å². The largest absolute Gasteiger partial charge is 0.376 e. The van der Waals surface area contributed by atoms with Crippen LogP contribution in [0, 0.1) is 0 Å². The van der Waals surface area contributed by atoms with E-state index in [2.05, 4.69) is 60.6 Å². The summed E-state index contributed by atoms with van der Waals surface area (Å²) in [4.78, 5) is 2.20. The van der Waals surface area contributed by atoms with Gasteiger partial charge >= 0.3 is 0 Å². The van der Waals surface area contributed by atoms with Crippen molar-refractivity contribution in [3.8, 4) is 0 Å². The first-order valence-corrected chi connectivity index (χ1v) is 4.96. The second-order valence-corrected chi connectivity index (χ2v) is 3.66. The van der Waals surface area contributed by atoms with Crippen LogP contribution in [0.15, 0.2) is 48.7 Å². The zero-order valence-electron chi connectivity index (χ0n) is 8.48. The lowest BCUT2D eigenvalue weighted by atomic mass is 10.0. The number of fused-ring (bicyclic) bond motifs is 1. The quantitative estimate of drug-likeness (QED) is 0.600. The van der Waals surface area contributed by atoms with Crippen LogP contribution in [-0.4, -0.2) is 11.9 Å². The zero-order chi connectivity index (χ0) is 9.80. The van der Waals surface area contributed by atoms with E-state index in [1.807, 2.05) is 0 Å². The molecule has 0 amide bonds. The van der Waals surface area contributed by atoms with Crippen molar-refractivity contribution in [1.29, 1.82) is 0 Å². The first-order chi connectivity index (χ1) is 6.86. The summed E-state index contributed by atoms with van der Waals surface area (Å²) in [5, 5.41) is 0. The van der Waals surface area contributed by atoms with Crippen molar-refractivity contribution in [3.05, 3.63) is 59.8 Å². The van der Waals surface area contributed by atoms with E-state index >= 15 is 0 Å². The Morgan fingerprint density at radius 1 is 1.07 bits per heavy atom. The summed E-state index contributed by atoms with van der Waals surface area (Å²) in [7, 11) is 2.10. The summed E-state index contributed by atoms with van der Waals surface area (Å²) >= 11 is 0. The van der Waals surface area contributed by atoms with Gasteiger partial charge in [-0.3, -0.25) is 0 Å². The molecule has 0 aliphatic carbocycles. The number of allylic oxidation sites excluding steroid dienone is 3. The van der Waals surface area contributed by atoms with Crippen molar-refractivity contribution in [1.82, 2.24) is 4.90 Å². The van der Waals surface area contributed by atoms with Crippen molar-refractivity contribution in [2.45, 2.75) is 13.0 Å². The van der Waals surface area contributed by atoms with Crippen LogP contribution in [0.25, 0.3) is 0 Å². The van der Waals surface area contributed by atoms with Crippen molar-refractivity contribution >= 4 is 0 Å². The van der Waals surface area contributed by atoms with Gasteiger partial charge in [-0.1, -0.05) is 36.4 Å². The number of hydrogen-bond donors (Lipinski definition) is 0. The van der Waals surface area contributed by atoms with E-state index in [0.717, 1.165) is 13.0 Å². The molecule has 72 valence electrons. The average molecular weight is 185 g/mol. The molecule has 0 aromatic heterocycles. The van der Waals surface area contributed by atoms with Crippen LogP contribution in [0.3, 0.4) is 0 Å². The van der Waals surface area contributed by atoms with Gasteiger partial charge in [0, 0.05) is 13.6 Å². The molecule has 2 rings (SSSR count). The predicted octanol–water partition coefficient (Wildman–Crippen LogP) is 2.74. The predicted molar refractivity (Wildman–Crippen MR) is 59.9 cm³/mol. The minimum atomic E-state index is 0.994. The second-order valence-electron chi connectivity index (χ2n) is 3.66. The van der Waals surface area contributed by atoms with Crippen molar-refractivity contribution in [2.24, 2.45) is 0 Å². The molecule has 0 N–H and O–H groups in total. The van der Waals surface area contributed by atoms with Gasteiger partial charge in [0.25, 0.3) is 0 Å². The van der Waals surface area contributed by atoms with Crippen LogP contribution in [0.2, 0.25) is 0 Å². The molecule has 0 unspecified atom stereocenters. The third-order valence-corrected chi connectivity index (χ3v) is 2.46. The summed E-state index contributed by atoms with van der Waals surface area (Å²) in [6.45, 7) is 0.994. The molecule has 0 saturated carbocycles. The minimum absolute atomic E-state index is 0.994. The lowest BCUT2D eigenvalue weighted by Gasteiger charge is -2.15. The highest BCUT2D eigenvalue weighted by Crippen LogP contribution is 2.13. The third kappa shape index (κ3) is 2.05. The molecule has 0 atom stereocenters. The van der Waals surface area contributed by atoms with E-state index in [1.165, 1.54) is 11.1 Å². The lowest BCUT2D eigenvalue weighted by molar-refractivity contribution is 0.450. The zero-order valence-corrected chi connectivity index (χ0v) is 8.48. The SMILES string of the molecule is CN1/C=C\C=C/Cc2ccccc2C1. The van der Waals surface area contributed by atoms with Gasteiger partial charge in [0.05, 0.1) is 0 Å². The number of rotatable bonds is 0. The summed E-state index contributed by atoms with van der Waals surface area (Å²) < 4.78 is 0. The van der Waals surface area contributed by atoms with Gasteiger partial charge in [-0.05, 0) is 29.8 Å². The van der Waals surface area contributed by atoms with Gasteiger partial charge < -0.3 is 4.90 Å². The molecule has 1 aliphatic heterocycles. The van der Waals surface area contributed by atoms with E-state index in [4.69, 9.17) is 0 Å². The van der Waals surface area contributed by atoms with E-state index in [0.29, 0.717) is 0 Å². The highest BCUT2D eigenvalue weighted by molar-refractivity contribution is 5.30. The Balaban J connectivity index is 2.34. The van der Waals surface area contributed by atoms with Gasteiger partial charge in [0.1, 0.15) is 0 Å². The maximum absolute atomic E-state index is 2.21. The number of nitrogens with zero attached hydrogens (tertiary/aromatic N) is 1. The van der Waals surface area contributed by atoms with Gasteiger partial charge in [-0.25, -0.2) is 0 Å². The first-order valence-electron chi connectivity index (χ1n) is 4.96. The average Bonchev–Trinajstić information content (AvgIpc) is 2.27. The first kappa shape index (κ1) is 9.07. The standard InChI is InChI=1S/C13H15N/c1-14-10-6-2-3-7-12-8-4-5-9-13(12)11-14/h2-6,8-10H,7,11H2,1H3/b3-2-,10-6-. The highest BCUT2D eigenvalue weighted by atomic mass is 15.1. The van der Waals surface area contributed by atoms with E-state index in [9.17, 15) is 0 Å². The Hall–Kier alpha value is -1.50. The monoisotopic (exact) mass is 185 g/mol. The molecule has 1 aromatic carbocycles. The van der Waals surface area contributed by atoms with Gasteiger partial charge in [-0.15, -0.1) is 0 Å². The van der Waals surface area contributed by atoms with Crippen molar-refractivity contribution < 1.29 is 0 Å². The van der Waals surface area contributed by atoms with Gasteiger partial charge in [-0.2, -0.15) is 0 Å². The molecule has 1 heterocycles. The highest BCUT2D eigenvalue weighted by Gasteiger charge is 2.02. The molecular weight excluding hydrogens is 170 g/mol. The number of benzene rings is 1. The Morgan fingerprint density at radius 3 is 2.71 bits per heavy atom. The summed E-state index contributed by atoms with van der Waals surface area (Å²) in [6, 6.07) is 8.63. The maximum Gasteiger partial charge on any atom is 0.0423 e. The fourth-order valence-electron chi connectivity index (χ4n) is 1.70. The summed E-state index contributed by atoms with van der Waals surface area (Å²) in [6.07, 6.45) is 9.55. The molecular formula is C13H15N. The molecule has 1 nitrogen and oxygen atoms in total. The Bertz CT molecular complexity index is 363. The van der Waals surface area contributed by atoms with Crippen LogP contribution in [-0.2, 0) is 13.0 Å². The van der Waals surface area contributed by atoms with Crippen LogP contribution >= 0.6 is 0 Å².